The van der Waals surface area contributed by atoms with Gasteiger partial charge in [-0.3, -0.25) is 0 Å². The summed E-state index contributed by atoms with van der Waals surface area (Å²) >= 11 is 0. The van der Waals surface area contributed by atoms with Gasteiger partial charge in [-0.1, -0.05) is 60.7 Å². The highest BCUT2D eigenvalue weighted by atomic mass is 16.5. The number of fused-ring (bicyclic) bond motifs is 1. The van der Waals surface area contributed by atoms with Gasteiger partial charge in [0, 0.05) is 5.69 Å². The molecule has 0 radical (unpaired) electrons. The van der Waals surface area contributed by atoms with Crippen molar-refractivity contribution < 1.29 is 14.3 Å². The van der Waals surface area contributed by atoms with Crippen molar-refractivity contribution in [3.8, 4) is 11.5 Å². The number of hydrazone groups is 1. The van der Waals surface area contributed by atoms with Gasteiger partial charge in [-0.25, -0.2) is 10.2 Å². The van der Waals surface area contributed by atoms with Crippen LogP contribution in [0.5, 0.6) is 11.5 Å². The van der Waals surface area contributed by atoms with Crippen molar-refractivity contribution >= 4 is 28.7 Å². The first-order valence-corrected chi connectivity index (χ1v) is 10.6. The summed E-state index contributed by atoms with van der Waals surface area (Å²) in [4.78, 5) is 12.1. The molecule has 6 nitrogen and oxygen atoms in total. The first kappa shape index (κ1) is 21.9. The van der Waals surface area contributed by atoms with Crippen LogP contribution in [0.4, 0.5) is 10.5 Å². The van der Waals surface area contributed by atoms with Crippen LogP contribution in [-0.4, -0.2) is 19.4 Å². The number of nitrogens with zero attached hydrogens (tertiary/aromatic N) is 1. The number of carbonyl (C=O) groups is 1. The van der Waals surface area contributed by atoms with Gasteiger partial charge in [0.1, 0.15) is 6.61 Å². The van der Waals surface area contributed by atoms with Gasteiger partial charge in [0.25, 0.3) is 0 Å². The molecule has 33 heavy (non-hydrogen) atoms. The summed E-state index contributed by atoms with van der Waals surface area (Å²) in [5.41, 5.74) is 6.04. The molecule has 0 bridgehead atoms. The number of amides is 2. The number of methoxy groups -OCH3 is 1. The maximum Gasteiger partial charge on any atom is 0.339 e. The Morgan fingerprint density at radius 2 is 1.73 bits per heavy atom. The van der Waals surface area contributed by atoms with Crippen LogP contribution < -0.4 is 20.2 Å². The molecule has 0 aromatic heterocycles. The molecule has 4 rings (SSSR count). The zero-order chi connectivity index (χ0) is 23.0. The fraction of sp³-hybridized carbons (Fsp3) is 0.111. The molecule has 0 aliphatic rings. The second kappa shape index (κ2) is 10.3. The van der Waals surface area contributed by atoms with Crippen molar-refractivity contribution in [3.63, 3.8) is 0 Å². The zero-order valence-corrected chi connectivity index (χ0v) is 18.5. The number of para-hydroxylation sites is 1. The zero-order valence-electron chi connectivity index (χ0n) is 18.5. The largest absolute Gasteiger partial charge is 0.493 e. The molecule has 0 aliphatic heterocycles. The third-order valence-electron chi connectivity index (χ3n) is 5.22. The Labute approximate surface area is 192 Å². The summed E-state index contributed by atoms with van der Waals surface area (Å²) in [5, 5.41) is 9.12. The highest BCUT2D eigenvalue weighted by Crippen LogP contribution is 2.29. The standard InChI is InChI=1S/C27H25N3O3/c1-19-8-3-6-13-24(19)29-27(31)30-28-17-20-14-15-25(26(16-20)32-2)33-18-22-11-7-10-21-9-4-5-12-23(21)22/h3-17H,18H2,1-2H3,(H2,29,30,31). The topological polar surface area (TPSA) is 72.0 Å². The fourth-order valence-corrected chi connectivity index (χ4v) is 3.49. The van der Waals surface area contributed by atoms with E-state index in [2.05, 4.69) is 40.1 Å². The van der Waals surface area contributed by atoms with Crippen molar-refractivity contribution in [1.82, 2.24) is 5.43 Å². The molecular formula is C27H25N3O3. The molecule has 2 N–H and O–H groups in total. The van der Waals surface area contributed by atoms with Crippen molar-refractivity contribution in [2.45, 2.75) is 13.5 Å². The second-order valence-corrected chi connectivity index (χ2v) is 7.48. The van der Waals surface area contributed by atoms with Crippen LogP contribution in [0.25, 0.3) is 10.8 Å². The van der Waals surface area contributed by atoms with Gasteiger partial charge in [0.15, 0.2) is 11.5 Å². The Balaban J connectivity index is 1.39. The number of nitrogens with one attached hydrogen (secondary N) is 2. The maximum absolute atomic E-state index is 12.1. The van der Waals surface area contributed by atoms with Gasteiger partial charge in [-0.2, -0.15) is 5.10 Å². The van der Waals surface area contributed by atoms with E-state index in [4.69, 9.17) is 9.47 Å². The van der Waals surface area contributed by atoms with Crippen LogP contribution in [-0.2, 0) is 6.61 Å². The molecule has 0 fully saturated rings. The van der Waals surface area contributed by atoms with Gasteiger partial charge in [-0.05, 0) is 58.7 Å². The van der Waals surface area contributed by atoms with Crippen molar-refractivity contribution in [2.24, 2.45) is 5.10 Å². The number of ether oxygens (including phenoxy) is 2. The molecular weight excluding hydrogens is 414 g/mol. The number of urea groups is 1. The van der Waals surface area contributed by atoms with Crippen LogP contribution in [0.3, 0.4) is 0 Å². The van der Waals surface area contributed by atoms with Crippen LogP contribution in [0, 0.1) is 6.92 Å². The predicted molar refractivity (Wildman–Crippen MR) is 132 cm³/mol. The van der Waals surface area contributed by atoms with Gasteiger partial charge in [0.05, 0.1) is 13.3 Å². The predicted octanol–water partition coefficient (Wildman–Crippen LogP) is 5.89. The summed E-state index contributed by atoms with van der Waals surface area (Å²) in [6.07, 6.45) is 1.55. The molecule has 4 aromatic carbocycles. The lowest BCUT2D eigenvalue weighted by Crippen LogP contribution is -2.24. The number of hydrogen-bond donors (Lipinski definition) is 2. The van der Waals surface area contributed by atoms with E-state index >= 15 is 0 Å². The van der Waals surface area contributed by atoms with E-state index in [1.54, 1.807) is 13.3 Å². The Hall–Kier alpha value is -4.32. The molecule has 0 aliphatic carbocycles. The minimum atomic E-state index is -0.414. The lowest BCUT2D eigenvalue weighted by atomic mass is 10.1. The number of rotatable bonds is 7. The summed E-state index contributed by atoms with van der Waals surface area (Å²) in [5.74, 6) is 1.22. The molecule has 0 saturated carbocycles. The first-order chi connectivity index (χ1) is 16.1. The lowest BCUT2D eigenvalue weighted by Gasteiger charge is -2.12. The van der Waals surface area contributed by atoms with Crippen molar-refractivity contribution in [1.29, 1.82) is 0 Å². The molecule has 6 heteroatoms. The molecule has 0 heterocycles. The molecule has 4 aromatic rings. The number of aryl methyl sites for hydroxylation is 1. The van der Waals surface area contributed by atoms with E-state index < -0.39 is 6.03 Å². The van der Waals surface area contributed by atoms with E-state index in [-0.39, 0.29) is 0 Å². The molecule has 0 spiro atoms. The molecule has 166 valence electrons. The third kappa shape index (κ3) is 5.49. The van der Waals surface area contributed by atoms with E-state index in [1.165, 1.54) is 5.39 Å². The number of hydrogen-bond acceptors (Lipinski definition) is 4. The Kier molecular flexibility index (Phi) is 6.85. The number of anilines is 1. The number of carbonyl (C=O) groups excluding carboxylic acids is 1. The Morgan fingerprint density at radius 3 is 2.58 bits per heavy atom. The van der Waals surface area contributed by atoms with Crippen LogP contribution >= 0.6 is 0 Å². The third-order valence-corrected chi connectivity index (χ3v) is 5.22. The monoisotopic (exact) mass is 439 g/mol. The van der Waals surface area contributed by atoms with E-state index in [1.807, 2.05) is 67.6 Å². The summed E-state index contributed by atoms with van der Waals surface area (Å²) in [6, 6.07) is 27.0. The van der Waals surface area contributed by atoms with E-state index in [0.717, 1.165) is 27.8 Å². The summed E-state index contributed by atoms with van der Waals surface area (Å²) in [6.45, 7) is 2.35. The summed E-state index contributed by atoms with van der Waals surface area (Å²) < 4.78 is 11.5. The first-order valence-electron chi connectivity index (χ1n) is 10.6. The average molecular weight is 440 g/mol. The van der Waals surface area contributed by atoms with Gasteiger partial charge in [-0.15, -0.1) is 0 Å². The van der Waals surface area contributed by atoms with Gasteiger partial charge >= 0.3 is 6.03 Å². The van der Waals surface area contributed by atoms with Crippen molar-refractivity contribution in [2.75, 3.05) is 12.4 Å². The molecule has 0 saturated heterocycles. The van der Waals surface area contributed by atoms with Gasteiger partial charge in [0.2, 0.25) is 0 Å². The highest BCUT2D eigenvalue weighted by Gasteiger charge is 2.08. The fourth-order valence-electron chi connectivity index (χ4n) is 3.49. The van der Waals surface area contributed by atoms with Crippen molar-refractivity contribution in [3.05, 3.63) is 102 Å². The Morgan fingerprint density at radius 1 is 0.939 bits per heavy atom. The highest BCUT2D eigenvalue weighted by molar-refractivity contribution is 5.91. The van der Waals surface area contributed by atoms with Gasteiger partial charge < -0.3 is 14.8 Å². The Bertz CT molecular complexity index is 1300. The van der Waals surface area contributed by atoms with E-state index in [0.29, 0.717) is 18.1 Å². The van der Waals surface area contributed by atoms with E-state index in [9.17, 15) is 4.79 Å². The normalized spacial score (nSPS) is 10.8. The van der Waals surface area contributed by atoms with Crippen LogP contribution in [0.15, 0.2) is 90.0 Å². The summed E-state index contributed by atoms with van der Waals surface area (Å²) in [7, 11) is 1.59. The minimum Gasteiger partial charge on any atom is -0.493 e. The second-order valence-electron chi connectivity index (χ2n) is 7.48. The van der Waals surface area contributed by atoms with Crippen LogP contribution in [0.2, 0.25) is 0 Å². The smallest absolute Gasteiger partial charge is 0.339 e. The molecule has 2 amide bonds. The molecule has 0 atom stereocenters. The maximum atomic E-state index is 12.1. The minimum absolute atomic E-state index is 0.414. The molecule has 0 unspecified atom stereocenters. The quantitative estimate of drug-likeness (QED) is 0.279. The van der Waals surface area contributed by atoms with Crippen LogP contribution in [0.1, 0.15) is 16.7 Å². The average Bonchev–Trinajstić information content (AvgIpc) is 2.84. The SMILES string of the molecule is COc1cc(C=NNC(=O)Nc2ccccc2C)ccc1OCc1cccc2ccccc12. The number of benzene rings is 4. The lowest BCUT2D eigenvalue weighted by molar-refractivity contribution is 0.252.